The normalized spacial score (nSPS) is 11.2. The summed E-state index contributed by atoms with van der Waals surface area (Å²) in [5.74, 6) is 0.602. The fraction of sp³-hybridized carbons (Fsp3) is 0.562. The van der Waals surface area contributed by atoms with Crippen molar-refractivity contribution in [3.05, 3.63) is 29.8 Å². The molecule has 118 valence electrons. The Bertz CT molecular complexity index is 435. The number of para-hydroxylation sites is 1. The molecule has 5 nitrogen and oxygen atoms in total. The van der Waals surface area contributed by atoms with Crippen molar-refractivity contribution in [2.45, 2.75) is 38.6 Å². The number of hydrogen-bond acceptors (Lipinski definition) is 4. The van der Waals surface area contributed by atoms with Crippen LogP contribution < -0.4 is 10.1 Å². The molecule has 1 aromatic rings. The largest absolute Gasteiger partial charge is 0.494 e. The number of benzene rings is 1. The number of carbonyl (C=O) groups is 1. The van der Waals surface area contributed by atoms with Gasteiger partial charge in [0.2, 0.25) is 5.91 Å². The molecule has 0 aliphatic heterocycles. The Morgan fingerprint density at radius 1 is 1.24 bits per heavy atom. The van der Waals surface area contributed by atoms with Crippen molar-refractivity contribution in [1.29, 1.82) is 0 Å². The number of aliphatic hydroxyl groups is 2. The SMILES string of the molecule is CCOc1ccccc1CCC(=O)NC(CC)(CO)CO. The first-order valence-corrected chi connectivity index (χ1v) is 7.34. The van der Waals surface area contributed by atoms with Crippen LogP contribution in [0.3, 0.4) is 0 Å². The van der Waals surface area contributed by atoms with E-state index in [0.29, 0.717) is 19.4 Å². The van der Waals surface area contributed by atoms with E-state index in [2.05, 4.69) is 5.32 Å². The summed E-state index contributed by atoms with van der Waals surface area (Å²) in [7, 11) is 0. The molecular formula is C16H25NO4. The summed E-state index contributed by atoms with van der Waals surface area (Å²) in [5.41, 5.74) is 0.0425. The lowest BCUT2D eigenvalue weighted by molar-refractivity contribution is -0.124. The highest BCUT2D eigenvalue weighted by atomic mass is 16.5. The van der Waals surface area contributed by atoms with E-state index in [9.17, 15) is 15.0 Å². The number of rotatable bonds is 9. The average molecular weight is 295 g/mol. The van der Waals surface area contributed by atoms with E-state index in [0.717, 1.165) is 11.3 Å². The average Bonchev–Trinajstić information content (AvgIpc) is 2.52. The Kier molecular flexibility index (Phi) is 7.19. The van der Waals surface area contributed by atoms with Gasteiger partial charge in [-0.1, -0.05) is 25.1 Å². The Morgan fingerprint density at radius 2 is 1.90 bits per heavy atom. The molecule has 0 saturated heterocycles. The van der Waals surface area contributed by atoms with Crippen LogP contribution in [0.4, 0.5) is 0 Å². The van der Waals surface area contributed by atoms with Crippen molar-refractivity contribution in [2.75, 3.05) is 19.8 Å². The molecule has 3 N–H and O–H groups in total. The Morgan fingerprint density at radius 3 is 2.48 bits per heavy atom. The summed E-state index contributed by atoms with van der Waals surface area (Å²) in [6.07, 6.45) is 1.31. The molecule has 21 heavy (non-hydrogen) atoms. The van der Waals surface area contributed by atoms with Crippen molar-refractivity contribution in [3.8, 4) is 5.75 Å². The van der Waals surface area contributed by atoms with Crippen LogP contribution in [0.2, 0.25) is 0 Å². The van der Waals surface area contributed by atoms with Crippen molar-refractivity contribution in [2.24, 2.45) is 0 Å². The number of hydrogen-bond donors (Lipinski definition) is 3. The van der Waals surface area contributed by atoms with Gasteiger partial charge in [0.1, 0.15) is 5.75 Å². The minimum atomic E-state index is -0.934. The number of aliphatic hydroxyl groups excluding tert-OH is 2. The summed E-state index contributed by atoms with van der Waals surface area (Å²) in [6.45, 7) is 3.76. The van der Waals surface area contributed by atoms with Gasteiger partial charge >= 0.3 is 0 Å². The van der Waals surface area contributed by atoms with Crippen molar-refractivity contribution in [1.82, 2.24) is 5.32 Å². The second-order valence-electron chi connectivity index (χ2n) is 5.04. The smallest absolute Gasteiger partial charge is 0.220 e. The first kappa shape index (κ1) is 17.5. The quantitative estimate of drug-likeness (QED) is 0.641. The molecule has 5 heteroatoms. The summed E-state index contributed by atoms with van der Waals surface area (Å²) in [4.78, 5) is 12.0. The Labute approximate surface area is 125 Å². The predicted molar refractivity (Wildman–Crippen MR) is 81.3 cm³/mol. The zero-order valence-electron chi connectivity index (χ0n) is 12.8. The van der Waals surface area contributed by atoms with Crippen LogP contribution in [0.5, 0.6) is 5.75 Å². The molecule has 0 fully saturated rings. The van der Waals surface area contributed by atoms with Crippen LogP contribution in [-0.4, -0.2) is 41.5 Å². The zero-order chi connectivity index (χ0) is 15.7. The predicted octanol–water partition coefficient (Wildman–Crippen LogP) is 1.27. The summed E-state index contributed by atoms with van der Waals surface area (Å²) < 4.78 is 5.52. The van der Waals surface area contributed by atoms with Gasteiger partial charge in [-0.05, 0) is 31.4 Å². The zero-order valence-corrected chi connectivity index (χ0v) is 12.8. The monoisotopic (exact) mass is 295 g/mol. The summed E-state index contributed by atoms with van der Waals surface area (Å²) >= 11 is 0. The van der Waals surface area contributed by atoms with Gasteiger partial charge in [-0.2, -0.15) is 0 Å². The lowest BCUT2D eigenvalue weighted by Crippen LogP contribution is -2.53. The highest BCUT2D eigenvalue weighted by molar-refractivity contribution is 5.77. The van der Waals surface area contributed by atoms with Gasteiger partial charge in [0.25, 0.3) is 0 Å². The molecule has 1 rings (SSSR count). The number of aryl methyl sites for hydroxylation is 1. The molecule has 0 bridgehead atoms. The molecule has 0 aromatic heterocycles. The van der Waals surface area contributed by atoms with Crippen LogP contribution in [0.25, 0.3) is 0 Å². The minimum Gasteiger partial charge on any atom is -0.494 e. The van der Waals surface area contributed by atoms with Gasteiger partial charge in [-0.15, -0.1) is 0 Å². The van der Waals surface area contributed by atoms with Crippen molar-refractivity contribution < 1.29 is 19.7 Å². The van der Waals surface area contributed by atoms with Gasteiger partial charge in [-0.25, -0.2) is 0 Å². The lowest BCUT2D eigenvalue weighted by atomic mass is 9.98. The third-order valence-electron chi connectivity index (χ3n) is 3.58. The van der Waals surface area contributed by atoms with E-state index in [1.807, 2.05) is 38.1 Å². The van der Waals surface area contributed by atoms with E-state index in [4.69, 9.17) is 4.74 Å². The molecular weight excluding hydrogens is 270 g/mol. The maximum Gasteiger partial charge on any atom is 0.220 e. The Balaban J connectivity index is 2.61. The standard InChI is InChI=1S/C16H25NO4/c1-3-16(11-18,12-19)17-15(20)10-9-13-7-5-6-8-14(13)21-4-2/h5-8,18-19H,3-4,9-12H2,1-2H3,(H,17,20). The molecule has 1 amide bonds. The fourth-order valence-corrected chi connectivity index (χ4v) is 2.05. The van der Waals surface area contributed by atoms with Gasteiger partial charge in [-0.3, -0.25) is 4.79 Å². The highest BCUT2D eigenvalue weighted by Crippen LogP contribution is 2.19. The molecule has 0 radical (unpaired) electrons. The summed E-state index contributed by atoms with van der Waals surface area (Å²) in [5, 5.41) is 21.4. The van der Waals surface area contributed by atoms with Gasteiger partial charge in [0, 0.05) is 6.42 Å². The maximum absolute atomic E-state index is 12.0. The first-order valence-electron chi connectivity index (χ1n) is 7.34. The highest BCUT2D eigenvalue weighted by Gasteiger charge is 2.28. The maximum atomic E-state index is 12.0. The fourth-order valence-electron chi connectivity index (χ4n) is 2.05. The number of nitrogens with one attached hydrogen (secondary N) is 1. The van der Waals surface area contributed by atoms with Crippen molar-refractivity contribution in [3.63, 3.8) is 0 Å². The first-order chi connectivity index (χ1) is 10.1. The van der Waals surface area contributed by atoms with Gasteiger partial charge in [0.05, 0.1) is 25.4 Å². The molecule has 0 aliphatic rings. The number of amides is 1. The molecule has 0 unspecified atom stereocenters. The van der Waals surface area contributed by atoms with Crippen LogP contribution in [0, 0.1) is 0 Å². The third kappa shape index (κ3) is 5.02. The van der Waals surface area contributed by atoms with E-state index >= 15 is 0 Å². The minimum absolute atomic E-state index is 0.189. The van der Waals surface area contributed by atoms with E-state index in [1.54, 1.807) is 0 Å². The Hall–Kier alpha value is -1.59. The molecule has 1 aromatic carbocycles. The second kappa shape index (κ2) is 8.64. The van der Waals surface area contributed by atoms with E-state index in [-0.39, 0.29) is 25.5 Å². The third-order valence-corrected chi connectivity index (χ3v) is 3.58. The molecule has 0 aliphatic carbocycles. The van der Waals surface area contributed by atoms with Crippen LogP contribution in [-0.2, 0) is 11.2 Å². The van der Waals surface area contributed by atoms with Crippen LogP contribution >= 0.6 is 0 Å². The van der Waals surface area contributed by atoms with Crippen LogP contribution in [0.15, 0.2) is 24.3 Å². The second-order valence-corrected chi connectivity index (χ2v) is 5.04. The topological polar surface area (TPSA) is 78.8 Å². The van der Waals surface area contributed by atoms with Crippen molar-refractivity contribution >= 4 is 5.91 Å². The molecule has 0 spiro atoms. The lowest BCUT2D eigenvalue weighted by Gasteiger charge is -2.29. The molecule has 0 saturated carbocycles. The molecule has 0 heterocycles. The van der Waals surface area contributed by atoms with Gasteiger partial charge in [0.15, 0.2) is 0 Å². The number of ether oxygens (including phenoxy) is 1. The van der Waals surface area contributed by atoms with E-state index < -0.39 is 5.54 Å². The van der Waals surface area contributed by atoms with Crippen LogP contribution in [0.1, 0.15) is 32.3 Å². The molecule has 0 atom stereocenters. The van der Waals surface area contributed by atoms with Gasteiger partial charge < -0.3 is 20.3 Å². The summed E-state index contributed by atoms with van der Waals surface area (Å²) in [6, 6.07) is 7.62. The van der Waals surface area contributed by atoms with E-state index in [1.165, 1.54) is 0 Å². The number of carbonyl (C=O) groups excluding carboxylic acids is 1.